The highest BCUT2D eigenvalue weighted by Crippen LogP contribution is 2.30. The van der Waals surface area contributed by atoms with E-state index >= 15 is 0 Å². The van der Waals surface area contributed by atoms with Gasteiger partial charge in [-0.05, 0) is 24.3 Å². The third-order valence-corrected chi connectivity index (χ3v) is 4.14. The van der Waals surface area contributed by atoms with Crippen molar-refractivity contribution in [2.75, 3.05) is 4.90 Å². The summed E-state index contributed by atoms with van der Waals surface area (Å²) in [5.41, 5.74) is 6.95. The van der Waals surface area contributed by atoms with Crippen LogP contribution < -0.4 is 10.6 Å². The number of amides is 2. The highest BCUT2D eigenvalue weighted by molar-refractivity contribution is 6.14. The van der Waals surface area contributed by atoms with E-state index in [0.717, 1.165) is 0 Å². The SMILES string of the molecule is N#Cc1ccccc1N(C(=O)c1[nH]cnc1C(N)=O)c1nc2ccccc2[nH]1. The number of nitrogens with zero attached hydrogens (tertiary/aromatic N) is 4. The number of aromatic nitrogens is 4. The van der Waals surface area contributed by atoms with Gasteiger partial charge in [0, 0.05) is 0 Å². The van der Waals surface area contributed by atoms with Crippen LogP contribution in [0.4, 0.5) is 11.6 Å². The lowest BCUT2D eigenvalue weighted by molar-refractivity contribution is 0.0961. The first-order valence-electron chi connectivity index (χ1n) is 8.21. The van der Waals surface area contributed by atoms with Gasteiger partial charge in [0.2, 0.25) is 5.95 Å². The quantitative estimate of drug-likeness (QED) is 0.504. The number of carbonyl (C=O) groups is 2. The van der Waals surface area contributed by atoms with Gasteiger partial charge in [-0.2, -0.15) is 5.26 Å². The molecule has 0 saturated heterocycles. The largest absolute Gasteiger partial charge is 0.364 e. The molecular formula is C19H13N7O2. The second-order valence-electron chi connectivity index (χ2n) is 5.84. The number of primary amides is 1. The maximum Gasteiger partial charge on any atom is 0.284 e. The molecule has 2 aromatic heterocycles. The van der Waals surface area contributed by atoms with Crippen LogP contribution in [0.25, 0.3) is 11.0 Å². The number of para-hydroxylation sites is 3. The fourth-order valence-corrected chi connectivity index (χ4v) is 2.88. The van der Waals surface area contributed by atoms with E-state index in [9.17, 15) is 14.9 Å². The van der Waals surface area contributed by atoms with Gasteiger partial charge in [-0.15, -0.1) is 0 Å². The molecule has 0 spiro atoms. The maximum absolute atomic E-state index is 13.4. The second-order valence-corrected chi connectivity index (χ2v) is 5.84. The number of H-pyrrole nitrogens is 2. The molecular weight excluding hydrogens is 358 g/mol. The van der Waals surface area contributed by atoms with E-state index in [4.69, 9.17) is 5.73 Å². The van der Waals surface area contributed by atoms with Gasteiger partial charge in [0.15, 0.2) is 5.69 Å². The molecule has 9 heteroatoms. The van der Waals surface area contributed by atoms with Crippen LogP contribution in [0.15, 0.2) is 54.9 Å². The van der Waals surface area contributed by atoms with Gasteiger partial charge in [0.1, 0.15) is 11.8 Å². The first-order chi connectivity index (χ1) is 13.6. The third kappa shape index (κ3) is 2.75. The lowest BCUT2D eigenvalue weighted by atomic mass is 10.1. The Morgan fingerprint density at radius 1 is 1.11 bits per heavy atom. The van der Waals surface area contributed by atoms with Gasteiger partial charge in [-0.1, -0.05) is 24.3 Å². The summed E-state index contributed by atoms with van der Waals surface area (Å²) in [6, 6.07) is 15.9. The van der Waals surface area contributed by atoms with Crippen molar-refractivity contribution in [2.24, 2.45) is 5.73 Å². The van der Waals surface area contributed by atoms with E-state index in [1.807, 2.05) is 18.2 Å². The van der Waals surface area contributed by atoms with Crippen molar-refractivity contribution < 1.29 is 9.59 Å². The van der Waals surface area contributed by atoms with E-state index in [-0.39, 0.29) is 22.9 Å². The summed E-state index contributed by atoms with van der Waals surface area (Å²) in [6.07, 6.45) is 1.21. The minimum Gasteiger partial charge on any atom is -0.364 e. The molecule has 28 heavy (non-hydrogen) atoms. The summed E-state index contributed by atoms with van der Waals surface area (Å²) < 4.78 is 0. The molecule has 0 aliphatic rings. The molecule has 0 bridgehead atoms. The van der Waals surface area contributed by atoms with Crippen molar-refractivity contribution in [3.8, 4) is 6.07 Å². The number of anilines is 2. The lowest BCUT2D eigenvalue weighted by Gasteiger charge is -2.20. The number of hydrogen-bond donors (Lipinski definition) is 3. The second kappa shape index (κ2) is 6.69. The smallest absolute Gasteiger partial charge is 0.284 e. The summed E-state index contributed by atoms with van der Waals surface area (Å²) in [6.45, 7) is 0. The zero-order chi connectivity index (χ0) is 19.7. The van der Waals surface area contributed by atoms with Gasteiger partial charge >= 0.3 is 0 Å². The normalized spacial score (nSPS) is 10.5. The van der Waals surface area contributed by atoms with Crippen molar-refractivity contribution in [3.63, 3.8) is 0 Å². The molecule has 0 fully saturated rings. The number of imidazole rings is 2. The number of benzene rings is 2. The molecule has 0 aliphatic heterocycles. The van der Waals surface area contributed by atoms with E-state index in [1.165, 1.54) is 11.2 Å². The van der Waals surface area contributed by atoms with E-state index in [2.05, 4.69) is 26.0 Å². The fraction of sp³-hybridized carbons (Fsp3) is 0. The van der Waals surface area contributed by atoms with Gasteiger partial charge in [-0.3, -0.25) is 9.59 Å². The molecule has 2 heterocycles. The van der Waals surface area contributed by atoms with Gasteiger partial charge in [-0.25, -0.2) is 14.9 Å². The molecule has 2 aromatic carbocycles. The zero-order valence-electron chi connectivity index (χ0n) is 14.4. The van der Waals surface area contributed by atoms with Crippen LogP contribution in [0.1, 0.15) is 26.5 Å². The van der Waals surface area contributed by atoms with Crippen LogP contribution in [0.2, 0.25) is 0 Å². The molecule has 0 radical (unpaired) electrons. The van der Waals surface area contributed by atoms with E-state index in [0.29, 0.717) is 16.7 Å². The molecule has 0 saturated carbocycles. The zero-order valence-corrected chi connectivity index (χ0v) is 14.4. The Kier molecular flexibility index (Phi) is 4.06. The topological polar surface area (TPSA) is 145 Å². The number of fused-ring (bicyclic) bond motifs is 1. The predicted octanol–water partition coefficient (Wildman–Crippen LogP) is 2.24. The summed E-state index contributed by atoms with van der Waals surface area (Å²) in [5.74, 6) is -1.28. The van der Waals surface area contributed by atoms with Gasteiger partial charge in [0.05, 0.1) is 28.6 Å². The Labute approximate surface area is 158 Å². The third-order valence-electron chi connectivity index (χ3n) is 4.14. The van der Waals surface area contributed by atoms with Gasteiger partial charge in [0.25, 0.3) is 11.8 Å². The van der Waals surface area contributed by atoms with Crippen molar-refractivity contribution in [1.82, 2.24) is 19.9 Å². The first kappa shape index (κ1) is 17.0. The monoisotopic (exact) mass is 371 g/mol. The number of nitrogens with one attached hydrogen (secondary N) is 2. The van der Waals surface area contributed by atoms with Gasteiger partial charge < -0.3 is 15.7 Å². The number of carbonyl (C=O) groups excluding carboxylic acids is 2. The summed E-state index contributed by atoms with van der Waals surface area (Å²) >= 11 is 0. The molecule has 136 valence electrons. The Hall–Kier alpha value is -4.45. The van der Waals surface area contributed by atoms with Crippen LogP contribution in [0.3, 0.4) is 0 Å². The van der Waals surface area contributed by atoms with Crippen molar-refractivity contribution in [2.45, 2.75) is 0 Å². The average Bonchev–Trinajstić information content (AvgIpc) is 3.35. The number of aromatic amines is 2. The molecule has 4 N–H and O–H groups in total. The molecule has 2 amide bonds. The Morgan fingerprint density at radius 2 is 1.86 bits per heavy atom. The number of nitrogens with two attached hydrogens (primary N) is 1. The van der Waals surface area contributed by atoms with Crippen molar-refractivity contribution >= 4 is 34.5 Å². The standard InChI is InChI=1S/C19H13N7O2/c20-9-11-5-1-4-8-14(11)26(18(28)16-15(17(21)27)22-10-23-16)19-24-12-6-2-3-7-13(12)25-19/h1-8,10H,(H2,21,27)(H,22,23)(H,24,25). The molecule has 4 aromatic rings. The number of rotatable bonds is 4. The summed E-state index contributed by atoms with van der Waals surface area (Å²) in [5, 5.41) is 9.50. The highest BCUT2D eigenvalue weighted by Gasteiger charge is 2.29. The minimum absolute atomic E-state index is 0.0966. The first-order valence-corrected chi connectivity index (χ1v) is 8.21. The van der Waals surface area contributed by atoms with Crippen LogP contribution in [-0.2, 0) is 0 Å². The maximum atomic E-state index is 13.4. The fourth-order valence-electron chi connectivity index (χ4n) is 2.88. The van der Waals surface area contributed by atoms with E-state index < -0.39 is 11.8 Å². The lowest BCUT2D eigenvalue weighted by Crippen LogP contribution is -2.30. The predicted molar refractivity (Wildman–Crippen MR) is 101 cm³/mol. The van der Waals surface area contributed by atoms with Crippen molar-refractivity contribution in [1.29, 1.82) is 5.26 Å². The van der Waals surface area contributed by atoms with Crippen LogP contribution in [-0.4, -0.2) is 31.8 Å². The van der Waals surface area contributed by atoms with Crippen LogP contribution >= 0.6 is 0 Å². The molecule has 0 aliphatic carbocycles. The molecule has 0 atom stereocenters. The molecule has 9 nitrogen and oxygen atoms in total. The molecule has 4 rings (SSSR count). The number of hydrogen-bond acceptors (Lipinski definition) is 5. The van der Waals surface area contributed by atoms with Crippen LogP contribution in [0.5, 0.6) is 0 Å². The molecule has 0 unspecified atom stereocenters. The average molecular weight is 371 g/mol. The number of nitriles is 1. The Balaban J connectivity index is 1.93. The van der Waals surface area contributed by atoms with Crippen molar-refractivity contribution in [3.05, 3.63) is 71.8 Å². The summed E-state index contributed by atoms with van der Waals surface area (Å²) in [7, 11) is 0. The summed E-state index contributed by atoms with van der Waals surface area (Å²) in [4.78, 5) is 40.2. The highest BCUT2D eigenvalue weighted by atomic mass is 16.2. The van der Waals surface area contributed by atoms with E-state index in [1.54, 1.807) is 30.3 Å². The van der Waals surface area contributed by atoms with Crippen LogP contribution in [0, 0.1) is 11.3 Å². The Bertz CT molecular complexity index is 1220. The minimum atomic E-state index is -0.845. The Morgan fingerprint density at radius 3 is 2.61 bits per heavy atom.